The van der Waals surface area contributed by atoms with Gasteiger partial charge in [-0.25, -0.2) is 4.79 Å². The number of likely N-dealkylation sites (tertiary alicyclic amines) is 2. The maximum Gasteiger partial charge on any atom is 0.409 e. The van der Waals surface area contributed by atoms with Crippen molar-refractivity contribution in [1.82, 2.24) is 9.80 Å². The van der Waals surface area contributed by atoms with Crippen molar-refractivity contribution in [2.24, 2.45) is 5.92 Å². The number of Topliss-reactive ketones (excluding diaryl/α,β-unsaturated/α-hetero) is 1. The molecule has 28 heavy (non-hydrogen) atoms. The number of esters is 1. The summed E-state index contributed by atoms with van der Waals surface area (Å²) in [6.45, 7) is 2.31. The number of carbonyl (C=O) groups is 3. The minimum atomic E-state index is -4.33. The molecule has 2 heterocycles. The first kappa shape index (κ1) is 22.4. The molecule has 0 aromatic heterocycles. The molecule has 2 rings (SSSR count). The van der Waals surface area contributed by atoms with Crippen molar-refractivity contribution in [3.63, 3.8) is 0 Å². The van der Waals surface area contributed by atoms with E-state index in [0.717, 1.165) is 0 Å². The van der Waals surface area contributed by atoms with Crippen LogP contribution < -0.4 is 0 Å². The van der Waals surface area contributed by atoms with E-state index in [2.05, 4.69) is 0 Å². The van der Waals surface area contributed by atoms with Gasteiger partial charge in [-0.1, -0.05) is 0 Å². The summed E-state index contributed by atoms with van der Waals surface area (Å²) in [5, 5.41) is 0. The highest BCUT2D eigenvalue weighted by Crippen LogP contribution is 2.34. The lowest BCUT2D eigenvalue weighted by Gasteiger charge is -2.41. The van der Waals surface area contributed by atoms with Crippen molar-refractivity contribution in [3.05, 3.63) is 0 Å². The second-order valence-electron chi connectivity index (χ2n) is 7.18. The standard InChI is InChI=1S/C18H27F3N2O5/c1-3-28-16(25)10-14(24)12-6-8-23(17(26)27-2)13(9-12)11-22-7-4-5-15(22)18(19,20)21/h12-13,15H,3-11H2,1-2H3/t12?,13?,15-/m0/s1. The van der Waals surface area contributed by atoms with Gasteiger partial charge in [-0.3, -0.25) is 14.5 Å². The topological polar surface area (TPSA) is 76.2 Å². The van der Waals surface area contributed by atoms with Crippen LogP contribution in [0, 0.1) is 5.92 Å². The normalized spacial score (nSPS) is 26.2. The summed E-state index contributed by atoms with van der Waals surface area (Å²) >= 11 is 0. The van der Waals surface area contributed by atoms with E-state index < -0.39 is 36.2 Å². The quantitative estimate of drug-likeness (QED) is 0.496. The Labute approximate surface area is 162 Å². The molecule has 0 bridgehead atoms. The van der Waals surface area contributed by atoms with Crippen LogP contribution in [0.2, 0.25) is 0 Å². The lowest BCUT2D eigenvalue weighted by Crippen LogP contribution is -2.54. The average Bonchev–Trinajstić information content (AvgIpc) is 3.09. The van der Waals surface area contributed by atoms with Crippen LogP contribution in [0.15, 0.2) is 0 Å². The number of piperidine rings is 1. The van der Waals surface area contributed by atoms with Gasteiger partial charge in [0, 0.05) is 25.0 Å². The number of amides is 1. The molecule has 2 fully saturated rings. The van der Waals surface area contributed by atoms with E-state index in [9.17, 15) is 27.6 Å². The van der Waals surface area contributed by atoms with Crippen molar-refractivity contribution in [2.45, 2.75) is 57.3 Å². The molecule has 0 spiro atoms. The van der Waals surface area contributed by atoms with E-state index >= 15 is 0 Å². The van der Waals surface area contributed by atoms with Crippen LogP contribution in [0.1, 0.15) is 39.0 Å². The predicted octanol–water partition coefficient (Wildman–Crippen LogP) is 2.38. The largest absolute Gasteiger partial charge is 0.466 e. The molecule has 1 amide bonds. The van der Waals surface area contributed by atoms with Crippen molar-refractivity contribution in [1.29, 1.82) is 0 Å². The second-order valence-corrected chi connectivity index (χ2v) is 7.18. The number of ether oxygens (including phenoxy) is 2. The molecular formula is C18H27F3N2O5. The van der Waals surface area contributed by atoms with Crippen molar-refractivity contribution >= 4 is 17.8 Å². The van der Waals surface area contributed by atoms with E-state index in [-0.39, 0.29) is 51.3 Å². The number of methoxy groups -OCH3 is 1. The Bertz CT molecular complexity index is 584. The molecule has 0 aromatic carbocycles. The zero-order chi connectivity index (χ0) is 20.9. The van der Waals surface area contributed by atoms with Gasteiger partial charge in [0.05, 0.1) is 13.7 Å². The minimum Gasteiger partial charge on any atom is -0.466 e. The Morgan fingerprint density at radius 1 is 1.14 bits per heavy atom. The van der Waals surface area contributed by atoms with E-state index in [0.29, 0.717) is 12.8 Å². The van der Waals surface area contributed by atoms with Gasteiger partial charge in [0.2, 0.25) is 0 Å². The summed E-state index contributed by atoms with van der Waals surface area (Å²) in [7, 11) is 1.21. The summed E-state index contributed by atoms with van der Waals surface area (Å²) < 4.78 is 49.3. The zero-order valence-corrected chi connectivity index (χ0v) is 16.2. The monoisotopic (exact) mass is 408 g/mol. The molecular weight excluding hydrogens is 381 g/mol. The Kier molecular flexibility index (Phi) is 7.68. The first-order valence-corrected chi connectivity index (χ1v) is 9.51. The Morgan fingerprint density at radius 2 is 1.86 bits per heavy atom. The molecule has 0 aliphatic carbocycles. The number of hydrogen-bond acceptors (Lipinski definition) is 6. The number of rotatable bonds is 6. The summed E-state index contributed by atoms with van der Waals surface area (Å²) in [6, 6.07) is -2.12. The number of alkyl halides is 3. The minimum absolute atomic E-state index is 0.0163. The molecule has 0 N–H and O–H groups in total. The van der Waals surface area contributed by atoms with E-state index in [1.165, 1.54) is 16.9 Å². The molecule has 3 atom stereocenters. The molecule has 2 saturated heterocycles. The summed E-state index contributed by atoms with van der Waals surface area (Å²) in [5.74, 6) is -1.42. The number of ketones is 1. The maximum absolute atomic E-state index is 13.3. The van der Waals surface area contributed by atoms with Crippen molar-refractivity contribution in [2.75, 3.05) is 33.4 Å². The first-order valence-electron chi connectivity index (χ1n) is 9.51. The third-order valence-corrected chi connectivity index (χ3v) is 5.39. The molecule has 0 saturated carbocycles. The van der Waals surface area contributed by atoms with E-state index in [1.807, 2.05) is 0 Å². The fraction of sp³-hybridized carbons (Fsp3) is 0.833. The molecule has 10 heteroatoms. The Morgan fingerprint density at radius 3 is 2.46 bits per heavy atom. The van der Waals surface area contributed by atoms with Crippen LogP contribution in [-0.2, 0) is 19.1 Å². The number of carbonyl (C=O) groups excluding carboxylic acids is 3. The van der Waals surface area contributed by atoms with E-state index in [4.69, 9.17) is 9.47 Å². The Hall–Kier alpha value is -1.84. The highest BCUT2D eigenvalue weighted by Gasteiger charge is 2.47. The third-order valence-electron chi connectivity index (χ3n) is 5.39. The molecule has 0 radical (unpaired) electrons. The second kappa shape index (κ2) is 9.58. The smallest absolute Gasteiger partial charge is 0.409 e. The number of halogens is 3. The van der Waals surface area contributed by atoms with Crippen LogP contribution in [-0.4, -0.2) is 79.3 Å². The summed E-state index contributed by atoms with van der Waals surface area (Å²) in [4.78, 5) is 38.8. The number of nitrogens with zero attached hydrogens (tertiary/aromatic N) is 2. The van der Waals surface area contributed by atoms with Gasteiger partial charge >= 0.3 is 18.2 Å². The van der Waals surface area contributed by atoms with Crippen molar-refractivity contribution < 1.29 is 37.0 Å². The van der Waals surface area contributed by atoms with Crippen LogP contribution in [0.5, 0.6) is 0 Å². The molecule has 2 unspecified atom stereocenters. The maximum atomic E-state index is 13.3. The predicted molar refractivity (Wildman–Crippen MR) is 92.5 cm³/mol. The Balaban J connectivity index is 2.08. The van der Waals surface area contributed by atoms with Gasteiger partial charge in [0.25, 0.3) is 0 Å². The van der Waals surface area contributed by atoms with Gasteiger partial charge in [0.15, 0.2) is 0 Å². The van der Waals surface area contributed by atoms with Crippen LogP contribution in [0.4, 0.5) is 18.0 Å². The van der Waals surface area contributed by atoms with E-state index in [1.54, 1.807) is 6.92 Å². The zero-order valence-electron chi connectivity index (χ0n) is 16.2. The first-order chi connectivity index (χ1) is 13.2. The van der Waals surface area contributed by atoms with Crippen LogP contribution >= 0.6 is 0 Å². The van der Waals surface area contributed by atoms with Gasteiger partial charge in [-0.2, -0.15) is 13.2 Å². The molecule has 2 aliphatic heterocycles. The lowest BCUT2D eigenvalue weighted by atomic mass is 9.86. The summed E-state index contributed by atoms with van der Waals surface area (Å²) in [6.07, 6.45) is -4.32. The molecule has 7 nitrogen and oxygen atoms in total. The summed E-state index contributed by atoms with van der Waals surface area (Å²) in [5.41, 5.74) is 0. The highest BCUT2D eigenvalue weighted by molar-refractivity contribution is 5.96. The SMILES string of the molecule is CCOC(=O)CC(=O)C1CCN(C(=O)OC)C(CN2CCC[C@H]2C(F)(F)F)C1. The lowest BCUT2D eigenvalue weighted by molar-refractivity contribution is -0.177. The fourth-order valence-electron chi connectivity index (χ4n) is 4.06. The molecule has 0 aromatic rings. The van der Waals surface area contributed by atoms with Gasteiger partial charge < -0.3 is 14.4 Å². The van der Waals surface area contributed by atoms with Gasteiger partial charge in [0.1, 0.15) is 18.2 Å². The van der Waals surface area contributed by atoms with Gasteiger partial charge in [-0.15, -0.1) is 0 Å². The average molecular weight is 408 g/mol. The van der Waals surface area contributed by atoms with Gasteiger partial charge in [-0.05, 0) is 39.2 Å². The third kappa shape index (κ3) is 5.59. The van der Waals surface area contributed by atoms with Crippen LogP contribution in [0.25, 0.3) is 0 Å². The fourth-order valence-corrected chi connectivity index (χ4v) is 4.06. The van der Waals surface area contributed by atoms with Crippen LogP contribution in [0.3, 0.4) is 0 Å². The molecule has 2 aliphatic rings. The van der Waals surface area contributed by atoms with Crippen molar-refractivity contribution in [3.8, 4) is 0 Å². The number of hydrogen-bond donors (Lipinski definition) is 0. The molecule has 160 valence electrons. The highest BCUT2D eigenvalue weighted by atomic mass is 19.4.